The van der Waals surface area contributed by atoms with E-state index in [1.54, 1.807) is 42.5 Å². The van der Waals surface area contributed by atoms with Crippen molar-refractivity contribution in [3.63, 3.8) is 0 Å². The van der Waals surface area contributed by atoms with Gasteiger partial charge in [0, 0.05) is 55.6 Å². The number of amides is 2. The molecule has 4 rings (SSSR count). The lowest BCUT2D eigenvalue weighted by atomic mass is 10.1. The van der Waals surface area contributed by atoms with Crippen molar-refractivity contribution in [3.8, 4) is 22.9 Å². The summed E-state index contributed by atoms with van der Waals surface area (Å²) >= 11 is 0. The van der Waals surface area contributed by atoms with Crippen molar-refractivity contribution in [2.24, 2.45) is 17.8 Å². The molecule has 0 aliphatic carbocycles. The van der Waals surface area contributed by atoms with E-state index in [0.717, 1.165) is 11.0 Å². The number of hydrogen-bond donors (Lipinski definition) is 1. The van der Waals surface area contributed by atoms with Gasteiger partial charge in [0.2, 0.25) is 0 Å². The lowest BCUT2D eigenvalue weighted by Gasteiger charge is -2.37. The number of nitrogens with two attached hydrogens (primary N) is 1. The fraction of sp³-hybridized carbons (Fsp3) is 0.280. The first-order chi connectivity index (χ1) is 17.8. The number of halogens is 2. The molecule has 0 bridgehead atoms. The lowest BCUT2D eigenvalue weighted by molar-refractivity contribution is 0.250. The number of hydrogen-bond acceptors (Lipinski definition) is 7. The van der Waals surface area contributed by atoms with Crippen LogP contribution in [0.5, 0.6) is 11.5 Å². The first-order valence-electron chi connectivity index (χ1n) is 11.4. The van der Waals surface area contributed by atoms with Crippen LogP contribution in [-0.4, -0.2) is 54.3 Å². The minimum Gasteiger partial charge on any atom is -0.493 e. The summed E-state index contributed by atoms with van der Waals surface area (Å²) in [6.45, 7) is 2.23. The molecule has 0 saturated heterocycles. The van der Waals surface area contributed by atoms with Crippen molar-refractivity contribution < 1.29 is 23.0 Å². The summed E-state index contributed by atoms with van der Waals surface area (Å²) in [6, 6.07) is 3.92. The van der Waals surface area contributed by atoms with E-state index in [-0.39, 0.29) is 24.6 Å². The summed E-state index contributed by atoms with van der Waals surface area (Å²) in [5, 5.41) is 4.38. The zero-order valence-electron chi connectivity index (χ0n) is 20.9. The molecule has 2 amide bonds. The van der Waals surface area contributed by atoms with E-state index < -0.39 is 23.4 Å². The number of carbonyl (C=O) groups is 1. The standard InChI is InChI=1S/C25H27F2N7O3/c1-5-29-11-15(10-28)13-33-19-8-18(17-6-7-32(2)31-17)30-12-16(19)14-34(25(33)35)24-22(26)20(36-3)9-21(37-4)23(24)27/h6-12H,5,13-14,28H2,1-4H3. The third-order valence-electron chi connectivity index (χ3n) is 5.83. The Morgan fingerprint density at radius 1 is 1.19 bits per heavy atom. The van der Waals surface area contributed by atoms with Crippen LogP contribution < -0.4 is 25.0 Å². The Kier molecular flexibility index (Phi) is 7.37. The number of benzene rings is 1. The molecule has 3 aromatic rings. The van der Waals surface area contributed by atoms with Gasteiger partial charge in [0.05, 0.1) is 38.7 Å². The Hall–Kier alpha value is -4.48. The molecule has 1 aromatic carbocycles. The molecule has 0 atom stereocenters. The van der Waals surface area contributed by atoms with Crippen LogP contribution >= 0.6 is 0 Å². The topological polar surface area (TPSA) is 111 Å². The van der Waals surface area contributed by atoms with Crippen LogP contribution in [0.2, 0.25) is 0 Å². The van der Waals surface area contributed by atoms with Gasteiger partial charge in [-0.2, -0.15) is 5.10 Å². The van der Waals surface area contributed by atoms with Gasteiger partial charge < -0.3 is 15.2 Å². The number of carbonyl (C=O) groups excluding carboxylic acids is 1. The Labute approximate surface area is 212 Å². The number of urea groups is 1. The van der Waals surface area contributed by atoms with Gasteiger partial charge >= 0.3 is 6.03 Å². The van der Waals surface area contributed by atoms with E-state index in [9.17, 15) is 4.79 Å². The quantitative estimate of drug-likeness (QED) is 0.462. The Morgan fingerprint density at radius 3 is 2.46 bits per heavy atom. The largest absolute Gasteiger partial charge is 0.493 e. The van der Waals surface area contributed by atoms with Crippen LogP contribution in [0, 0.1) is 11.6 Å². The monoisotopic (exact) mass is 511 g/mol. The van der Waals surface area contributed by atoms with E-state index in [0.29, 0.717) is 34.8 Å². The molecule has 194 valence electrons. The second-order valence-electron chi connectivity index (χ2n) is 8.15. The van der Waals surface area contributed by atoms with Crippen LogP contribution in [0.4, 0.5) is 25.0 Å². The molecule has 0 unspecified atom stereocenters. The van der Waals surface area contributed by atoms with Gasteiger partial charge in [0.1, 0.15) is 11.4 Å². The number of aliphatic imine (C=N–C) groups is 1. The molecule has 12 heteroatoms. The predicted octanol–water partition coefficient (Wildman–Crippen LogP) is 3.66. The molecule has 0 saturated carbocycles. The van der Waals surface area contributed by atoms with Crippen LogP contribution in [0.1, 0.15) is 12.5 Å². The van der Waals surface area contributed by atoms with Crippen LogP contribution in [-0.2, 0) is 13.6 Å². The van der Waals surface area contributed by atoms with E-state index in [4.69, 9.17) is 15.2 Å². The lowest BCUT2D eigenvalue weighted by Crippen LogP contribution is -2.49. The van der Waals surface area contributed by atoms with Gasteiger partial charge in [-0.3, -0.25) is 24.5 Å². The maximum absolute atomic E-state index is 15.4. The van der Waals surface area contributed by atoms with Crippen LogP contribution in [0.3, 0.4) is 0 Å². The van der Waals surface area contributed by atoms with Gasteiger partial charge in [-0.05, 0) is 19.1 Å². The molecular formula is C25H27F2N7O3. The van der Waals surface area contributed by atoms with Crippen molar-refractivity contribution in [2.75, 3.05) is 37.1 Å². The molecule has 1 aliphatic heterocycles. The van der Waals surface area contributed by atoms with E-state index in [2.05, 4.69) is 15.1 Å². The summed E-state index contributed by atoms with van der Waals surface area (Å²) in [4.78, 5) is 24.9. The Morgan fingerprint density at radius 2 is 1.89 bits per heavy atom. The summed E-state index contributed by atoms with van der Waals surface area (Å²) in [6.07, 6.45) is 6.23. The number of rotatable bonds is 8. The van der Waals surface area contributed by atoms with Gasteiger partial charge in [0.15, 0.2) is 23.1 Å². The molecular weight excluding hydrogens is 484 g/mol. The van der Waals surface area contributed by atoms with Crippen molar-refractivity contribution in [1.29, 1.82) is 0 Å². The summed E-state index contributed by atoms with van der Waals surface area (Å²) in [7, 11) is 4.27. The zero-order valence-corrected chi connectivity index (χ0v) is 20.9. The highest BCUT2D eigenvalue weighted by molar-refractivity contribution is 6.07. The fourth-order valence-electron chi connectivity index (χ4n) is 3.99. The van der Waals surface area contributed by atoms with Gasteiger partial charge in [0.25, 0.3) is 0 Å². The third kappa shape index (κ3) is 4.82. The fourth-order valence-corrected chi connectivity index (χ4v) is 3.99. The average molecular weight is 512 g/mol. The summed E-state index contributed by atoms with van der Waals surface area (Å²) < 4.78 is 42.5. The molecule has 3 heterocycles. The van der Waals surface area contributed by atoms with E-state index in [1.807, 2.05) is 6.92 Å². The highest BCUT2D eigenvalue weighted by Crippen LogP contribution is 2.41. The number of aromatic nitrogens is 3. The predicted molar refractivity (Wildman–Crippen MR) is 136 cm³/mol. The molecule has 37 heavy (non-hydrogen) atoms. The second kappa shape index (κ2) is 10.6. The van der Waals surface area contributed by atoms with Crippen molar-refractivity contribution >= 4 is 23.6 Å². The molecule has 10 nitrogen and oxygen atoms in total. The number of nitrogens with zero attached hydrogens (tertiary/aromatic N) is 6. The average Bonchev–Trinajstić information content (AvgIpc) is 3.34. The van der Waals surface area contributed by atoms with Crippen LogP contribution in [0.25, 0.3) is 11.4 Å². The molecule has 0 fully saturated rings. The van der Waals surface area contributed by atoms with Crippen molar-refractivity contribution in [3.05, 3.63) is 59.6 Å². The third-order valence-corrected chi connectivity index (χ3v) is 5.83. The highest BCUT2D eigenvalue weighted by atomic mass is 19.1. The smallest absolute Gasteiger partial charge is 0.329 e. The number of ether oxygens (including phenoxy) is 2. The Balaban J connectivity index is 1.87. The van der Waals surface area contributed by atoms with E-state index >= 15 is 8.78 Å². The zero-order chi connectivity index (χ0) is 26.7. The maximum Gasteiger partial charge on any atom is 0.329 e. The van der Waals surface area contributed by atoms with Crippen molar-refractivity contribution in [2.45, 2.75) is 13.5 Å². The molecule has 1 aliphatic rings. The molecule has 2 aromatic heterocycles. The minimum atomic E-state index is -1.03. The SMILES string of the molecule is CCN=CC(=CN)CN1C(=O)N(c2c(F)c(OC)cc(OC)c2F)Cc2cnc(-c3ccn(C)n3)cc21. The first-order valence-corrected chi connectivity index (χ1v) is 11.4. The molecule has 2 N–H and O–H groups in total. The number of pyridine rings is 1. The van der Waals surface area contributed by atoms with Gasteiger partial charge in [-0.15, -0.1) is 0 Å². The van der Waals surface area contributed by atoms with Gasteiger partial charge in [-0.1, -0.05) is 0 Å². The minimum absolute atomic E-state index is 0.00164. The van der Waals surface area contributed by atoms with Crippen molar-refractivity contribution in [1.82, 2.24) is 14.8 Å². The molecule has 0 spiro atoms. The van der Waals surface area contributed by atoms with E-state index in [1.165, 1.54) is 25.3 Å². The first kappa shape index (κ1) is 25.6. The Bertz CT molecular complexity index is 1360. The number of anilines is 2. The van der Waals surface area contributed by atoms with Crippen LogP contribution in [0.15, 0.2) is 47.4 Å². The highest BCUT2D eigenvalue weighted by Gasteiger charge is 2.37. The summed E-state index contributed by atoms with van der Waals surface area (Å²) in [5.74, 6) is -2.59. The number of methoxy groups -OCH3 is 2. The maximum atomic E-state index is 15.4. The number of fused-ring (bicyclic) bond motifs is 1. The van der Waals surface area contributed by atoms with Gasteiger partial charge in [-0.25, -0.2) is 13.6 Å². The molecule has 0 radical (unpaired) electrons. The summed E-state index contributed by atoms with van der Waals surface area (Å²) in [5.41, 5.74) is 7.96. The second-order valence-corrected chi connectivity index (χ2v) is 8.15. The normalized spacial score (nSPS) is 13.9. The number of aryl methyl sites for hydroxylation is 1.